The van der Waals surface area contributed by atoms with Gasteiger partial charge in [0.25, 0.3) is 10.0 Å². The highest BCUT2D eigenvalue weighted by Gasteiger charge is 2.22. The Hall–Kier alpha value is -2.67. The van der Waals surface area contributed by atoms with Crippen LogP contribution in [-0.4, -0.2) is 28.5 Å². The monoisotopic (exact) mass is 330 g/mol. The highest BCUT2D eigenvalue weighted by atomic mass is 32.2. The molecule has 2 heterocycles. The van der Waals surface area contributed by atoms with Crippen LogP contribution in [0.4, 0.5) is 0 Å². The average molecular weight is 330 g/mol. The number of aromatic nitrogens is 2. The van der Waals surface area contributed by atoms with E-state index in [1.54, 1.807) is 24.3 Å². The quantitative estimate of drug-likeness (QED) is 0.792. The van der Waals surface area contributed by atoms with Crippen molar-refractivity contribution in [2.75, 3.05) is 0 Å². The second-order valence-electron chi connectivity index (χ2n) is 5.21. The van der Waals surface area contributed by atoms with Crippen LogP contribution in [0.15, 0.2) is 53.7 Å². The van der Waals surface area contributed by atoms with Gasteiger partial charge in [0.2, 0.25) is 0 Å². The van der Waals surface area contributed by atoms with Crippen LogP contribution < -0.4 is 0 Å². The Balaban J connectivity index is 2.23. The van der Waals surface area contributed by atoms with Crippen molar-refractivity contribution in [2.45, 2.75) is 18.2 Å². The maximum Gasteiger partial charge on any atom is 0.307 e. The number of carboxylic acids is 1. The predicted octanol–water partition coefficient (Wildman–Crippen LogP) is 2.21. The molecule has 0 aliphatic rings. The maximum absolute atomic E-state index is 12.8. The van der Waals surface area contributed by atoms with Gasteiger partial charge in [-0.1, -0.05) is 17.7 Å². The Morgan fingerprint density at radius 2 is 1.91 bits per heavy atom. The van der Waals surface area contributed by atoms with Gasteiger partial charge in [-0.05, 0) is 36.8 Å². The van der Waals surface area contributed by atoms with Gasteiger partial charge in [-0.25, -0.2) is 17.4 Å². The minimum atomic E-state index is -3.84. The summed E-state index contributed by atoms with van der Waals surface area (Å²) >= 11 is 0. The van der Waals surface area contributed by atoms with E-state index in [1.165, 1.54) is 24.5 Å². The largest absolute Gasteiger partial charge is 0.481 e. The first-order chi connectivity index (χ1) is 10.9. The lowest BCUT2D eigenvalue weighted by Crippen LogP contribution is -2.12. The molecule has 0 spiro atoms. The van der Waals surface area contributed by atoms with Crippen LogP contribution in [0.1, 0.15) is 11.1 Å². The first-order valence-electron chi connectivity index (χ1n) is 6.88. The normalized spacial score (nSPS) is 11.7. The molecule has 0 amide bonds. The van der Waals surface area contributed by atoms with Gasteiger partial charge >= 0.3 is 5.97 Å². The minimum absolute atomic E-state index is 0.132. The molecule has 0 aliphatic carbocycles. The van der Waals surface area contributed by atoms with Gasteiger partial charge in [0, 0.05) is 17.8 Å². The molecule has 0 bridgehead atoms. The zero-order valence-electron chi connectivity index (χ0n) is 12.3. The van der Waals surface area contributed by atoms with Gasteiger partial charge < -0.3 is 5.11 Å². The second kappa shape index (κ2) is 5.51. The first kappa shape index (κ1) is 15.2. The fraction of sp³-hybridized carbons (Fsp3) is 0.125. The Labute approximate surface area is 133 Å². The summed E-state index contributed by atoms with van der Waals surface area (Å²) in [6.45, 7) is 1.87. The molecular formula is C16H14N2O4S. The summed E-state index contributed by atoms with van der Waals surface area (Å²) in [5.41, 5.74) is 1.59. The molecule has 1 N–H and O–H groups in total. The van der Waals surface area contributed by atoms with E-state index >= 15 is 0 Å². The summed E-state index contributed by atoms with van der Waals surface area (Å²) in [5, 5.41) is 9.53. The van der Waals surface area contributed by atoms with E-state index in [9.17, 15) is 13.2 Å². The van der Waals surface area contributed by atoms with Crippen LogP contribution in [-0.2, 0) is 21.2 Å². The van der Waals surface area contributed by atoms with Crippen molar-refractivity contribution < 1.29 is 18.3 Å². The van der Waals surface area contributed by atoms with Gasteiger partial charge in [0.1, 0.15) is 0 Å². The predicted molar refractivity (Wildman–Crippen MR) is 84.8 cm³/mol. The molecule has 0 aliphatic heterocycles. The van der Waals surface area contributed by atoms with Crippen molar-refractivity contribution >= 4 is 27.0 Å². The average Bonchev–Trinajstić information content (AvgIpc) is 2.87. The number of carbonyl (C=O) groups is 1. The molecule has 3 aromatic rings. The summed E-state index contributed by atoms with van der Waals surface area (Å²) < 4.78 is 26.7. The minimum Gasteiger partial charge on any atom is -0.481 e. The van der Waals surface area contributed by atoms with Crippen molar-refractivity contribution in [3.63, 3.8) is 0 Å². The van der Waals surface area contributed by atoms with E-state index in [0.717, 1.165) is 9.54 Å². The molecule has 1 aromatic carbocycles. The van der Waals surface area contributed by atoms with E-state index < -0.39 is 16.0 Å². The fourth-order valence-corrected chi connectivity index (χ4v) is 3.75. The smallest absolute Gasteiger partial charge is 0.307 e. The Morgan fingerprint density at radius 3 is 2.57 bits per heavy atom. The van der Waals surface area contributed by atoms with Crippen LogP contribution in [0.5, 0.6) is 0 Å². The Bertz CT molecular complexity index is 989. The number of aryl methyl sites for hydroxylation is 1. The number of nitrogens with zero attached hydrogens (tertiary/aromatic N) is 2. The van der Waals surface area contributed by atoms with Crippen molar-refractivity contribution in [3.05, 3.63) is 59.9 Å². The second-order valence-corrected chi connectivity index (χ2v) is 7.03. The van der Waals surface area contributed by atoms with E-state index in [2.05, 4.69) is 4.98 Å². The lowest BCUT2D eigenvalue weighted by molar-refractivity contribution is -0.136. The van der Waals surface area contributed by atoms with E-state index in [1.807, 2.05) is 6.92 Å². The summed E-state index contributed by atoms with van der Waals surface area (Å²) in [6, 6.07) is 9.79. The van der Waals surface area contributed by atoms with E-state index in [4.69, 9.17) is 5.11 Å². The summed E-state index contributed by atoms with van der Waals surface area (Å²) in [4.78, 5) is 15.2. The molecule has 0 radical (unpaired) electrons. The Morgan fingerprint density at radius 1 is 1.22 bits per heavy atom. The summed E-state index contributed by atoms with van der Waals surface area (Å²) in [7, 11) is -3.84. The molecular weight excluding hydrogens is 316 g/mol. The van der Waals surface area contributed by atoms with Gasteiger partial charge in [-0.3, -0.25) is 4.79 Å². The standard InChI is InChI=1S/C16H14N2O4S/c1-11-4-6-13(7-5-11)23(21,22)18-10-12(9-15(19)20)14-3-2-8-17-16(14)18/h2-8,10H,9H2,1H3,(H,19,20). The van der Waals surface area contributed by atoms with Gasteiger partial charge in [0.15, 0.2) is 5.65 Å². The zero-order chi connectivity index (χ0) is 16.6. The van der Waals surface area contributed by atoms with Crippen LogP contribution in [0, 0.1) is 6.92 Å². The number of carboxylic acid groups (broad SMARTS) is 1. The fourth-order valence-electron chi connectivity index (χ4n) is 2.41. The van der Waals surface area contributed by atoms with E-state index in [-0.39, 0.29) is 17.0 Å². The van der Waals surface area contributed by atoms with Gasteiger partial charge in [0.05, 0.1) is 11.3 Å². The zero-order valence-corrected chi connectivity index (χ0v) is 13.1. The molecule has 118 valence electrons. The maximum atomic E-state index is 12.8. The number of pyridine rings is 1. The summed E-state index contributed by atoms with van der Waals surface area (Å²) in [6.07, 6.45) is 2.55. The van der Waals surface area contributed by atoms with Crippen LogP contribution in [0.25, 0.3) is 11.0 Å². The number of hydrogen-bond acceptors (Lipinski definition) is 4. The van der Waals surface area contributed by atoms with Crippen LogP contribution in [0.3, 0.4) is 0 Å². The molecule has 0 saturated heterocycles. The van der Waals surface area contributed by atoms with Crippen molar-refractivity contribution in [1.29, 1.82) is 0 Å². The third-order valence-electron chi connectivity index (χ3n) is 3.53. The van der Waals surface area contributed by atoms with Gasteiger partial charge in [-0.15, -0.1) is 0 Å². The number of aliphatic carboxylic acids is 1. The molecule has 23 heavy (non-hydrogen) atoms. The molecule has 0 fully saturated rings. The highest BCUT2D eigenvalue weighted by molar-refractivity contribution is 7.90. The van der Waals surface area contributed by atoms with Crippen molar-refractivity contribution in [1.82, 2.24) is 8.96 Å². The molecule has 0 saturated carbocycles. The molecule has 3 rings (SSSR count). The molecule has 0 atom stereocenters. The highest BCUT2D eigenvalue weighted by Crippen LogP contribution is 2.25. The summed E-state index contributed by atoms with van der Waals surface area (Å²) in [5.74, 6) is -1.03. The van der Waals surface area contributed by atoms with Crippen LogP contribution >= 0.6 is 0 Å². The number of hydrogen-bond donors (Lipinski definition) is 1. The number of rotatable bonds is 4. The van der Waals surface area contributed by atoms with Crippen LogP contribution in [0.2, 0.25) is 0 Å². The SMILES string of the molecule is Cc1ccc(S(=O)(=O)n2cc(CC(=O)O)c3cccnc32)cc1. The number of fused-ring (bicyclic) bond motifs is 1. The molecule has 7 heteroatoms. The lowest BCUT2D eigenvalue weighted by Gasteiger charge is -2.07. The van der Waals surface area contributed by atoms with E-state index in [0.29, 0.717) is 10.9 Å². The van der Waals surface area contributed by atoms with Crippen molar-refractivity contribution in [2.24, 2.45) is 0 Å². The molecule has 2 aromatic heterocycles. The first-order valence-corrected chi connectivity index (χ1v) is 8.32. The topological polar surface area (TPSA) is 89.3 Å². The molecule has 0 unspecified atom stereocenters. The third-order valence-corrected chi connectivity index (χ3v) is 5.20. The van der Waals surface area contributed by atoms with Crippen molar-refractivity contribution in [3.8, 4) is 0 Å². The lowest BCUT2D eigenvalue weighted by atomic mass is 10.2. The molecule has 6 nitrogen and oxygen atoms in total. The Kier molecular flexibility index (Phi) is 3.65. The van der Waals surface area contributed by atoms with Gasteiger partial charge in [-0.2, -0.15) is 0 Å². The third kappa shape index (κ3) is 2.70. The number of benzene rings is 1.